The molecular weight excluding hydrogens is 296 g/mol. The number of nitrogens with zero attached hydrogens (tertiary/aromatic N) is 1. The molecule has 0 fully saturated rings. The lowest BCUT2D eigenvalue weighted by atomic mass is 10.2. The number of ether oxygens (including phenoxy) is 1. The Bertz CT molecular complexity index is 673. The number of carbonyl (C=O) groups excluding carboxylic acids is 2. The summed E-state index contributed by atoms with van der Waals surface area (Å²) in [6.07, 6.45) is 0. The Morgan fingerprint density at radius 1 is 1.25 bits per heavy atom. The van der Waals surface area contributed by atoms with Crippen molar-refractivity contribution in [3.63, 3.8) is 0 Å². The molecule has 5 nitrogen and oxygen atoms in total. The van der Waals surface area contributed by atoms with Gasteiger partial charge in [-0.2, -0.15) is 0 Å². The Balaban J connectivity index is 2.30. The Morgan fingerprint density at radius 2 is 1.95 bits per heavy atom. The van der Waals surface area contributed by atoms with Crippen LogP contribution < -0.4 is 5.32 Å². The molecule has 1 amide bonds. The highest BCUT2D eigenvalue weighted by molar-refractivity contribution is 7.14. The summed E-state index contributed by atoms with van der Waals surface area (Å²) < 4.78 is 4.72. The first-order valence-electron chi connectivity index (χ1n) is 5.85. The van der Waals surface area contributed by atoms with E-state index in [-0.39, 0.29) is 5.91 Å². The summed E-state index contributed by atoms with van der Waals surface area (Å²) >= 11 is 2.59. The first-order chi connectivity index (χ1) is 9.43. The van der Waals surface area contributed by atoms with Crippen LogP contribution >= 0.6 is 22.7 Å². The van der Waals surface area contributed by atoms with E-state index >= 15 is 0 Å². The fourth-order valence-electron chi connectivity index (χ4n) is 1.75. The number of thiazole rings is 1. The predicted molar refractivity (Wildman–Crippen MR) is 79.9 cm³/mol. The minimum absolute atomic E-state index is 0.250. The van der Waals surface area contributed by atoms with Crippen LogP contribution in [0.5, 0.6) is 0 Å². The normalized spacial score (nSPS) is 10.4. The van der Waals surface area contributed by atoms with Crippen molar-refractivity contribution in [2.45, 2.75) is 20.8 Å². The standard InChI is InChI=1S/C13H14N2O3S2/c1-6-5-19-11(13(17)18-4)9(6)15-12(16)10-7(2)14-8(3)20-10/h5H,1-4H3,(H,15,16). The van der Waals surface area contributed by atoms with Crippen molar-refractivity contribution in [3.05, 3.63) is 31.4 Å². The van der Waals surface area contributed by atoms with Gasteiger partial charge in [-0.1, -0.05) is 0 Å². The van der Waals surface area contributed by atoms with Crippen molar-refractivity contribution in [1.82, 2.24) is 4.98 Å². The molecule has 2 rings (SSSR count). The Hall–Kier alpha value is -1.73. The molecule has 0 atom stereocenters. The van der Waals surface area contributed by atoms with Crippen molar-refractivity contribution in [2.24, 2.45) is 0 Å². The molecule has 106 valence electrons. The zero-order valence-corrected chi connectivity index (χ0v) is 13.2. The Morgan fingerprint density at radius 3 is 2.50 bits per heavy atom. The highest BCUT2D eigenvalue weighted by atomic mass is 32.1. The third kappa shape index (κ3) is 2.73. The number of methoxy groups -OCH3 is 1. The van der Waals surface area contributed by atoms with E-state index in [1.807, 2.05) is 19.2 Å². The Labute approximate surface area is 124 Å². The lowest BCUT2D eigenvalue weighted by molar-refractivity contribution is 0.0607. The molecule has 1 N–H and O–H groups in total. The smallest absolute Gasteiger partial charge is 0.350 e. The summed E-state index contributed by atoms with van der Waals surface area (Å²) in [6.45, 7) is 5.48. The maximum absolute atomic E-state index is 12.3. The number of anilines is 1. The van der Waals surface area contributed by atoms with Gasteiger partial charge in [-0.25, -0.2) is 9.78 Å². The van der Waals surface area contributed by atoms with Gasteiger partial charge in [0.1, 0.15) is 9.75 Å². The summed E-state index contributed by atoms with van der Waals surface area (Å²) in [6, 6.07) is 0. The van der Waals surface area contributed by atoms with E-state index in [1.54, 1.807) is 6.92 Å². The molecule has 0 unspecified atom stereocenters. The number of carbonyl (C=O) groups is 2. The maximum atomic E-state index is 12.3. The summed E-state index contributed by atoms with van der Waals surface area (Å²) in [7, 11) is 1.32. The second kappa shape index (κ2) is 5.72. The largest absolute Gasteiger partial charge is 0.465 e. The summed E-state index contributed by atoms with van der Waals surface area (Å²) in [5.74, 6) is -0.699. The minimum Gasteiger partial charge on any atom is -0.465 e. The highest BCUT2D eigenvalue weighted by Crippen LogP contribution is 2.29. The molecule has 0 aliphatic carbocycles. The molecule has 0 aliphatic heterocycles. The van der Waals surface area contributed by atoms with Crippen LogP contribution in [0.4, 0.5) is 5.69 Å². The van der Waals surface area contributed by atoms with Crippen LogP contribution in [-0.2, 0) is 4.74 Å². The molecule has 0 aliphatic rings. The molecule has 0 saturated carbocycles. The molecule has 0 spiro atoms. The third-order valence-corrected chi connectivity index (χ3v) is 4.84. The van der Waals surface area contributed by atoms with Crippen LogP contribution in [0.2, 0.25) is 0 Å². The molecule has 0 bridgehead atoms. The van der Waals surface area contributed by atoms with Gasteiger partial charge in [0.15, 0.2) is 0 Å². The van der Waals surface area contributed by atoms with E-state index in [4.69, 9.17) is 4.74 Å². The van der Waals surface area contributed by atoms with Crippen LogP contribution in [0.1, 0.15) is 35.6 Å². The highest BCUT2D eigenvalue weighted by Gasteiger charge is 2.21. The van der Waals surface area contributed by atoms with Crippen molar-refractivity contribution < 1.29 is 14.3 Å². The number of esters is 1. The van der Waals surface area contributed by atoms with Gasteiger partial charge in [-0.15, -0.1) is 22.7 Å². The minimum atomic E-state index is -0.449. The van der Waals surface area contributed by atoms with Gasteiger partial charge in [-0.05, 0) is 31.7 Å². The maximum Gasteiger partial charge on any atom is 0.350 e. The van der Waals surface area contributed by atoms with Gasteiger partial charge in [0, 0.05) is 0 Å². The van der Waals surface area contributed by atoms with Crippen molar-refractivity contribution in [3.8, 4) is 0 Å². The SMILES string of the molecule is COC(=O)c1scc(C)c1NC(=O)c1sc(C)nc1C. The number of hydrogen-bond acceptors (Lipinski definition) is 6. The third-order valence-electron chi connectivity index (χ3n) is 2.69. The number of aryl methyl sites for hydroxylation is 3. The Kier molecular flexibility index (Phi) is 4.20. The molecule has 2 heterocycles. The van der Waals surface area contributed by atoms with E-state index < -0.39 is 5.97 Å². The number of aromatic nitrogens is 1. The van der Waals surface area contributed by atoms with Crippen LogP contribution in [0.3, 0.4) is 0 Å². The van der Waals surface area contributed by atoms with E-state index in [0.717, 1.165) is 10.6 Å². The molecule has 0 aromatic carbocycles. The topological polar surface area (TPSA) is 68.3 Å². The quantitative estimate of drug-likeness (QED) is 0.884. The monoisotopic (exact) mass is 310 g/mol. The second-order valence-corrected chi connectivity index (χ2v) is 6.30. The molecule has 0 radical (unpaired) electrons. The van der Waals surface area contributed by atoms with Gasteiger partial charge in [0.2, 0.25) is 0 Å². The molecule has 2 aromatic heterocycles. The first kappa shape index (κ1) is 14.7. The number of hydrogen-bond donors (Lipinski definition) is 1. The average Bonchev–Trinajstić information content (AvgIpc) is 2.92. The van der Waals surface area contributed by atoms with E-state index in [0.29, 0.717) is 21.1 Å². The van der Waals surface area contributed by atoms with Crippen LogP contribution in [0, 0.1) is 20.8 Å². The van der Waals surface area contributed by atoms with E-state index in [2.05, 4.69) is 10.3 Å². The molecule has 7 heteroatoms. The molecular formula is C13H14N2O3S2. The number of rotatable bonds is 3. The zero-order valence-electron chi connectivity index (χ0n) is 11.6. The van der Waals surface area contributed by atoms with Gasteiger partial charge < -0.3 is 10.1 Å². The first-order valence-corrected chi connectivity index (χ1v) is 7.55. The summed E-state index contributed by atoms with van der Waals surface area (Å²) in [4.78, 5) is 29.1. The summed E-state index contributed by atoms with van der Waals surface area (Å²) in [5, 5.41) is 5.43. The zero-order chi connectivity index (χ0) is 14.9. The lowest BCUT2D eigenvalue weighted by Gasteiger charge is -2.06. The fourth-order valence-corrected chi connectivity index (χ4v) is 3.49. The number of amides is 1. The van der Waals surface area contributed by atoms with Gasteiger partial charge in [0.25, 0.3) is 5.91 Å². The molecule has 20 heavy (non-hydrogen) atoms. The molecule has 2 aromatic rings. The lowest BCUT2D eigenvalue weighted by Crippen LogP contribution is -2.14. The van der Waals surface area contributed by atoms with Gasteiger partial charge in [0.05, 0.1) is 23.5 Å². The van der Waals surface area contributed by atoms with Crippen LogP contribution in [0.25, 0.3) is 0 Å². The van der Waals surface area contributed by atoms with Gasteiger partial charge in [-0.3, -0.25) is 4.79 Å². The van der Waals surface area contributed by atoms with Gasteiger partial charge >= 0.3 is 5.97 Å². The van der Waals surface area contributed by atoms with E-state index in [9.17, 15) is 9.59 Å². The fraction of sp³-hybridized carbons (Fsp3) is 0.308. The van der Waals surface area contributed by atoms with Crippen molar-refractivity contribution >= 4 is 40.2 Å². The number of thiophene rings is 1. The van der Waals surface area contributed by atoms with Crippen LogP contribution in [0.15, 0.2) is 5.38 Å². The molecule has 0 saturated heterocycles. The van der Waals surface area contributed by atoms with Crippen molar-refractivity contribution in [1.29, 1.82) is 0 Å². The predicted octanol–water partition coefficient (Wildman–Crippen LogP) is 3.17. The number of nitrogens with one attached hydrogen (secondary N) is 1. The van der Waals surface area contributed by atoms with Crippen LogP contribution in [-0.4, -0.2) is 24.0 Å². The van der Waals surface area contributed by atoms with Crippen molar-refractivity contribution in [2.75, 3.05) is 12.4 Å². The second-order valence-electron chi connectivity index (χ2n) is 4.22. The van der Waals surface area contributed by atoms with E-state index in [1.165, 1.54) is 29.8 Å². The summed E-state index contributed by atoms with van der Waals surface area (Å²) in [5.41, 5.74) is 2.04. The average molecular weight is 310 g/mol.